The number of rotatable bonds is 5. The lowest BCUT2D eigenvalue weighted by Gasteiger charge is -2.17. The molecule has 0 aliphatic rings. The molecule has 0 atom stereocenters. The molecule has 0 saturated carbocycles. The number of benzene rings is 2. The summed E-state index contributed by atoms with van der Waals surface area (Å²) in [5.41, 5.74) is -6.64. The molecule has 182 valence electrons. The van der Waals surface area contributed by atoms with Gasteiger partial charge in [-0.25, -0.2) is 4.39 Å². The number of aryl methyl sites for hydroxylation is 1. The van der Waals surface area contributed by atoms with Crippen molar-refractivity contribution in [1.29, 1.82) is 5.26 Å². The number of hydrogen-bond acceptors (Lipinski definition) is 7. The smallest absolute Gasteiger partial charge is 0.466 e. The van der Waals surface area contributed by atoms with Gasteiger partial charge in [-0.15, -0.1) is 0 Å². The Labute approximate surface area is 188 Å². The summed E-state index contributed by atoms with van der Waals surface area (Å²) < 4.78 is 84.6. The van der Waals surface area contributed by atoms with Gasteiger partial charge < -0.3 is 14.0 Å². The Morgan fingerprint density at radius 3 is 2.18 bits per heavy atom. The third kappa shape index (κ3) is 7.87. The fraction of sp³-hybridized carbons (Fsp3) is 0.429. The number of aliphatic hydroxyl groups is 1. The van der Waals surface area contributed by atoms with Crippen molar-refractivity contribution in [2.45, 2.75) is 52.1 Å². The molecule has 2 aromatic carbocycles. The molecule has 2 aromatic rings. The van der Waals surface area contributed by atoms with Crippen LogP contribution in [0.25, 0.3) is 10.8 Å². The maximum atomic E-state index is 14.0. The molecule has 12 heteroatoms. The number of nitrogens with zero attached hydrogens (tertiary/aromatic N) is 1. The minimum Gasteiger partial charge on any atom is -0.466 e. The largest absolute Gasteiger partial charge is 0.534 e. The minimum absolute atomic E-state index is 0.0113. The van der Waals surface area contributed by atoms with Gasteiger partial charge >= 0.3 is 21.6 Å². The van der Waals surface area contributed by atoms with Gasteiger partial charge in [0.1, 0.15) is 11.9 Å². The number of esters is 1. The molecule has 0 amide bonds. The zero-order valence-electron chi connectivity index (χ0n) is 18.5. The second kappa shape index (κ2) is 10.4. The Morgan fingerprint density at radius 2 is 1.73 bits per heavy atom. The first-order valence-electron chi connectivity index (χ1n) is 9.45. The average molecular weight is 493 g/mol. The van der Waals surface area contributed by atoms with E-state index in [4.69, 9.17) is 15.1 Å². The minimum atomic E-state index is -6.10. The van der Waals surface area contributed by atoms with Crippen LogP contribution in [0.15, 0.2) is 18.2 Å². The van der Waals surface area contributed by atoms with E-state index in [-0.39, 0.29) is 28.5 Å². The third-order valence-corrected chi connectivity index (χ3v) is 4.68. The molecule has 0 aliphatic carbocycles. The molecule has 0 unspecified atom stereocenters. The van der Waals surface area contributed by atoms with E-state index in [2.05, 4.69) is 4.18 Å². The van der Waals surface area contributed by atoms with E-state index >= 15 is 0 Å². The Bertz CT molecular complexity index is 1170. The summed E-state index contributed by atoms with van der Waals surface area (Å²) in [6.07, 6.45) is -0.597. The number of carbonyl (C=O) groups excluding carboxylic acids is 1. The second-order valence-electron chi connectivity index (χ2n) is 7.80. The number of nitriles is 1. The van der Waals surface area contributed by atoms with E-state index in [0.29, 0.717) is 6.07 Å². The number of alkyl halides is 3. The van der Waals surface area contributed by atoms with Gasteiger partial charge in [0.2, 0.25) is 0 Å². The molecular weight excluding hydrogens is 470 g/mol. The van der Waals surface area contributed by atoms with E-state index in [0.717, 1.165) is 6.07 Å². The molecule has 0 aromatic heterocycles. The maximum Gasteiger partial charge on any atom is 0.534 e. The van der Waals surface area contributed by atoms with Gasteiger partial charge in [-0.1, -0.05) is 6.07 Å². The Kier molecular flexibility index (Phi) is 8.82. The Morgan fingerprint density at radius 1 is 1.18 bits per heavy atom. The topological polar surface area (TPSA) is 114 Å². The summed E-state index contributed by atoms with van der Waals surface area (Å²) in [5, 5.41) is 17.2. The van der Waals surface area contributed by atoms with Crippen LogP contribution in [0.4, 0.5) is 17.6 Å². The van der Waals surface area contributed by atoms with Crippen molar-refractivity contribution in [3.63, 3.8) is 0 Å². The number of ether oxygens (including phenoxy) is 1. The van der Waals surface area contributed by atoms with E-state index in [1.54, 1.807) is 26.8 Å². The maximum absolute atomic E-state index is 14.0. The Hall–Kier alpha value is -2.91. The molecule has 0 spiro atoms. The van der Waals surface area contributed by atoms with E-state index in [9.17, 15) is 30.8 Å². The number of halogens is 4. The quantitative estimate of drug-likeness (QED) is 0.286. The summed E-state index contributed by atoms with van der Waals surface area (Å²) in [6, 6.07) is 4.67. The van der Waals surface area contributed by atoms with Crippen molar-refractivity contribution >= 4 is 26.9 Å². The fourth-order valence-corrected chi connectivity index (χ4v) is 2.99. The van der Waals surface area contributed by atoms with Crippen LogP contribution in [0.2, 0.25) is 0 Å². The van der Waals surface area contributed by atoms with E-state index < -0.39 is 50.7 Å². The molecule has 0 heterocycles. The molecule has 33 heavy (non-hydrogen) atoms. The zero-order valence-corrected chi connectivity index (χ0v) is 19.3. The summed E-state index contributed by atoms with van der Waals surface area (Å²) in [4.78, 5) is 11.8. The van der Waals surface area contributed by atoms with Crippen molar-refractivity contribution < 1.29 is 44.8 Å². The van der Waals surface area contributed by atoms with Crippen LogP contribution in [0.5, 0.6) is 5.75 Å². The first-order valence-corrected chi connectivity index (χ1v) is 10.9. The van der Waals surface area contributed by atoms with Crippen LogP contribution < -0.4 is 4.18 Å². The highest BCUT2D eigenvalue weighted by atomic mass is 32.2. The monoisotopic (exact) mass is 493 g/mol. The third-order valence-electron chi connectivity index (χ3n) is 3.73. The summed E-state index contributed by atoms with van der Waals surface area (Å²) in [5.74, 6) is -2.77. The first kappa shape index (κ1) is 28.1. The lowest BCUT2D eigenvalue weighted by atomic mass is 9.96. The van der Waals surface area contributed by atoms with Crippen molar-refractivity contribution in [2.75, 3.05) is 6.61 Å². The van der Waals surface area contributed by atoms with Crippen molar-refractivity contribution in [1.82, 2.24) is 0 Å². The number of carbonyl (C=O) groups is 1. The highest BCUT2D eigenvalue weighted by Crippen LogP contribution is 2.38. The first-order chi connectivity index (χ1) is 14.9. The number of fused-ring (bicyclic) bond motifs is 1. The molecule has 2 rings (SSSR count). The highest BCUT2D eigenvalue weighted by molar-refractivity contribution is 7.88. The van der Waals surface area contributed by atoms with Crippen LogP contribution >= 0.6 is 0 Å². The predicted octanol–water partition coefficient (Wildman–Crippen LogP) is 4.27. The highest BCUT2D eigenvalue weighted by Gasteiger charge is 2.49. The predicted molar refractivity (Wildman–Crippen MR) is 111 cm³/mol. The molecule has 0 bridgehead atoms. The second-order valence-corrected chi connectivity index (χ2v) is 9.34. The van der Waals surface area contributed by atoms with E-state index in [1.165, 1.54) is 19.9 Å². The van der Waals surface area contributed by atoms with Gasteiger partial charge in [0, 0.05) is 10.9 Å². The van der Waals surface area contributed by atoms with Gasteiger partial charge in [0.25, 0.3) is 0 Å². The molecule has 0 radical (unpaired) electrons. The van der Waals surface area contributed by atoms with Crippen LogP contribution in [0, 0.1) is 24.1 Å². The Balaban J connectivity index is 0.000000981. The van der Waals surface area contributed by atoms with Crippen LogP contribution in [0.3, 0.4) is 0 Å². The van der Waals surface area contributed by atoms with Gasteiger partial charge in [-0.3, -0.25) is 4.79 Å². The van der Waals surface area contributed by atoms with Crippen LogP contribution in [0.1, 0.15) is 44.4 Å². The lowest BCUT2D eigenvalue weighted by molar-refractivity contribution is -0.142. The van der Waals surface area contributed by atoms with Gasteiger partial charge in [-0.05, 0) is 57.7 Å². The average Bonchev–Trinajstić information content (AvgIpc) is 2.62. The van der Waals surface area contributed by atoms with Crippen molar-refractivity contribution in [2.24, 2.45) is 0 Å². The standard InChI is InChI=1S/C17H13F4NO5S.C4H10O/c1-3-26-15(23)7-12-9(2)4-10-5-11(8-22)14(18)6-13(10)16(12)27-28(24,25)17(19,20)21;1-4(2,3)5/h4-6H,3,7H2,1-2H3;5H,1-3H3. The molecule has 7 nitrogen and oxygen atoms in total. The number of hydrogen-bond donors (Lipinski definition) is 1. The molecule has 1 N–H and O–H groups in total. The SMILES string of the molecule is CC(C)(C)O.CCOC(=O)Cc1c(C)cc2cc(C#N)c(F)cc2c1OS(=O)(=O)C(F)(F)F. The van der Waals surface area contributed by atoms with Crippen LogP contribution in [-0.4, -0.2) is 37.2 Å². The molecular formula is C21H23F4NO6S. The summed E-state index contributed by atoms with van der Waals surface area (Å²) in [6.45, 7) is 8.13. The molecule has 0 aliphatic heterocycles. The van der Waals surface area contributed by atoms with Gasteiger partial charge in [0.05, 0.1) is 24.2 Å². The van der Waals surface area contributed by atoms with E-state index in [1.807, 2.05) is 0 Å². The normalized spacial score (nSPS) is 11.9. The summed E-state index contributed by atoms with van der Waals surface area (Å²) in [7, 11) is -6.10. The van der Waals surface area contributed by atoms with Gasteiger partial charge in [0.15, 0.2) is 5.75 Å². The summed E-state index contributed by atoms with van der Waals surface area (Å²) >= 11 is 0. The van der Waals surface area contributed by atoms with Crippen molar-refractivity contribution in [3.05, 3.63) is 40.7 Å². The lowest BCUT2D eigenvalue weighted by Crippen LogP contribution is -2.28. The molecule has 0 fully saturated rings. The zero-order chi connectivity index (χ0) is 25.8. The van der Waals surface area contributed by atoms with Crippen LogP contribution in [-0.2, 0) is 26.1 Å². The van der Waals surface area contributed by atoms with Gasteiger partial charge in [-0.2, -0.15) is 26.9 Å². The molecule has 0 saturated heterocycles. The van der Waals surface area contributed by atoms with Crippen molar-refractivity contribution in [3.8, 4) is 11.8 Å². The fourth-order valence-electron chi connectivity index (χ4n) is 2.48.